The summed E-state index contributed by atoms with van der Waals surface area (Å²) in [6, 6.07) is 8.18. The standard InChI is InChI=1S/C17H20N2O5/c1-11(2)23-17(21)12-4-6-13(7-5-12)18-15(20)9-8-14-10-16(22-3)19-24-14/h4-7,10-11H,8-9H2,1-3H3,(H,18,20). The molecule has 2 rings (SSSR count). The van der Waals surface area contributed by atoms with Crippen molar-refractivity contribution in [3.8, 4) is 5.88 Å². The molecule has 1 aromatic heterocycles. The molecule has 1 aromatic carbocycles. The lowest BCUT2D eigenvalue weighted by Crippen LogP contribution is -2.13. The number of hydrogen-bond donors (Lipinski definition) is 1. The first kappa shape index (κ1) is 17.5. The molecule has 0 unspecified atom stereocenters. The Kier molecular flexibility index (Phi) is 5.95. The van der Waals surface area contributed by atoms with Crippen LogP contribution in [-0.4, -0.2) is 30.2 Å². The van der Waals surface area contributed by atoms with Crippen LogP contribution in [0.4, 0.5) is 5.69 Å². The Hall–Kier alpha value is -2.83. The fourth-order valence-corrected chi connectivity index (χ4v) is 1.94. The lowest BCUT2D eigenvalue weighted by atomic mass is 10.2. The van der Waals surface area contributed by atoms with Crippen molar-refractivity contribution >= 4 is 17.6 Å². The largest absolute Gasteiger partial charge is 0.479 e. The highest BCUT2D eigenvalue weighted by Crippen LogP contribution is 2.14. The number of ether oxygens (including phenoxy) is 2. The second kappa shape index (κ2) is 8.14. The average molecular weight is 332 g/mol. The lowest BCUT2D eigenvalue weighted by Gasteiger charge is -2.09. The van der Waals surface area contributed by atoms with Gasteiger partial charge in [-0.2, -0.15) is 0 Å². The summed E-state index contributed by atoms with van der Waals surface area (Å²) in [5, 5.41) is 6.43. The number of carbonyl (C=O) groups is 2. The number of hydrogen-bond acceptors (Lipinski definition) is 6. The maximum absolute atomic E-state index is 11.9. The van der Waals surface area contributed by atoms with Crippen LogP contribution >= 0.6 is 0 Å². The van der Waals surface area contributed by atoms with Crippen molar-refractivity contribution in [1.29, 1.82) is 0 Å². The molecule has 7 heteroatoms. The second-order valence-electron chi connectivity index (χ2n) is 5.42. The van der Waals surface area contributed by atoms with Crippen molar-refractivity contribution in [2.24, 2.45) is 0 Å². The Morgan fingerprint density at radius 1 is 1.25 bits per heavy atom. The molecule has 1 N–H and O–H groups in total. The normalized spacial score (nSPS) is 10.5. The molecule has 0 bridgehead atoms. The van der Waals surface area contributed by atoms with E-state index in [-0.39, 0.29) is 24.4 Å². The van der Waals surface area contributed by atoms with Gasteiger partial charge in [-0.25, -0.2) is 4.79 Å². The number of benzene rings is 1. The van der Waals surface area contributed by atoms with Crippen LogP contribution in [-0.2, 0) is 16.0 Å². The summed E-state index contributed by atoms with van der Waals surface area (Å²) < 4.78 is 15.0. The molecule has 1 amide bonds. The molecule has 1 heterocycles. The number of aromatic nitrogens is 1. The highest BCUT2D eigenvalue weighted by atomic mass is 16.5. The van der Waals surface area contributed by atoms with Gasteiger partial charge in [-0.05, 0) is 43.3 Å². The smallest absolute Gasteiger partial charge is 0.338 e. The van der Waals surface area contributed by atoms with E-state index < -0.39 is 0 Å². The SMILES string of the molecule is COc1cc(CCC(=O)Nc2ccc(C(=O)OC(C)C)cc2)on1. The number of esters is 1. The van der Waals surface area contributed by atoms with Gasteiger partial charge < -0.3 is 19.3 Å². The summed E-state index contributed by atoms with van der Waals surface area (Å²) in [7, 11) is 1.49. The Bertz CT molecular complexity index is 691. The Morgan fingerprint density at radius 2 is 1.96 bits per heavy atom. The van der Waals surface area contributed by atoms with Crippen molar-refractivity contribution in [3.63, 3.8) is 0 Å². The molecule has 2 aromatic rings. The van der Waals surface area contributed by atoms with E-state index in [2.05, 4.69) is 10.5 Å². The van der Waals surface area contributed by atoms with Gasteiger partial charge in [0.05, 0.1) is 18.8 Å². The molecule has 0 aliphatic rings. The first-order chi connectivity index (χ1) is 11.5. The van der Waals surface area contributed by atoms with Crippen LogP contribution in [0.2, 0.25) is 0 Å². The molecule has 128 valence electrons. The van der Waals surface area contributed by atoms with Gasteiger partial charge in [0.1, 0.15) is 5.76 Å². The molecular weight excluding hydrogens is 312 g/mol. The van der Waals surface area contributed by atoms with E-state index in [1.807, 2.05) is 0 Å². The molecule has 0 atom stereocenters. The highest BCUT2D eigenvalue weighted by molar-refractivity contribution is 5.93. The first-order valence-corrected chi connectivity index (χ1v) is 7.58. The third-order valence-corrected chi connectivity index (χ3v) is 3.09. The molecule has 0 aliphatic heterocycles. The van der Waals surface area contributed by atoms with Gasteiger partial charge in [-0.3, -0.25) is 4.79 Å². The van der Waals surface area contributed by atoms with Crippen LogP contribution in [0.15, 0.2) is 34.9 Å². The summed E-state index contributed by atoms with van der Waals surface area (Å²) in [5.41, 5.74) is 1.05. The number of carbonyl (C=O) groups excluding carboxylic acids is 2. The molecule has 0 radical (unpaired) electrons. The summed E-state index contributed by atoms with van der Waals surface area (Å²) >= 11 is 0. The predicted octanol–water partition coefficient (Wildman–Crippen LogP) is 2.82. The fourth-order valence-electron chi connectivity index (χ4n) is 1.94. The van der Waals surface area contributed by atoms with Gasteiger partial charge >= 0.3 is 5.97 Å². The van der Waals surface area contributed by atoms with Gasteiger partial charge in [-0.15, -0.1) is 0 Å². The van der Waals surface area contributed by atoms with E-state index in [1.165, 1.54) is 7.11 Å². The molecule has 0 saturated carbocycles. The molecule has 0 aliphatic carbocycles. The minimum Gasteiger partial charge on any atom is -0.479 e. The number of methoxy groups -OCH3 is 1. The third-order valence-electron chi connectivity index (χ3n) is 3.09. The number of anilines is 1. The average Bonchev–Trinajstić information content (AvgIpc) is 3.01. The van der Waals surface area contributed by atoms with Crippen molar-refractivity contribution in [2.45, 2.75) is 32.8 Å². The molecule has 0 fully saturated rings. The molecule has 7 nitrogen and oxygen atoms in total. The maximum atomic E-state index is 11.9. The fraction of sp³-hybridized carbons (Fsp3) is 0.353. The minimum absolute atomic E-state index is 0.164. The number of rotatable bonds is 7. The zero-order valence-electron chi connectivity index (χ0n) is 13.9. The Labute approximate surface area is 139 Å². The Balaban J connectivity index is 1.84. The maximum Gasteiger partial charge on any atom is 0.338 e. The van der Waals surface area contributed by atoms with Crippen LogP contribution in [0.5, 0.6) is 5.88 Å². The van der Waals surface area contributed by atoms with Gasteiger partial charge in [-0.1, -0.05) is 0 Å². The van der Waals surface area contributed by atoms with E-state index in [1.54, 1.807) is 44.2 Å². The molecule has 24 heavy (non-hydrogen) atoms. The van der Waals surface area contributed by atoms with Gasteiger partial charge in [0.25, 0.3) is 5.88 Å². The minimum atomic E-state index is -0.387. The zero-order chi connectivity index (χ0) is 17.5. The van der Waals surface area contributed by atoms with E-state index in [4.69, 9.17) is 14.0 Å². The predicted molar refractivity (Wildman–Crippen MR) is 87.0 cm³/mol. The van der Waals surface area contributed by atoms with Crippen molar-refractivity contribution in [3.05, 3.63) is 41.7 Å². The lowest BCUT2D eigenvalue weighted by molar-refractivity contribution is -0.116. The van der Waals surface area contributed by atoms with Crippen LogP contribution in [0.1, 0.15) is 36.4 Å². The summed E-state index contributed by atoms with van der Waals surface area (Å²) in [5.74, 6) is 0.410. The van der Waals surface area contributed by atoms with E-state index in [0.717, 1.165) is 0 Å². The van der Waals surface area contributed by atoms with Crippen molar-refractivity contribution in [1.82, 2.24) is 5.16 Å². The van der Waals surface area contributed by atoms with E-state index in [0.29, 0.717) is 29.3 Å². The highest BCUT2D eigenvalue weighted by Gasteiger charge is 2.10. The van der Waals surface area contributed by atoms with Crippen LogP contribution < -0.4 is 10.1 Å². The molecule has 0 spiro atoms. The number of nitrogens with one attached hydrogen (secondary N) is 1. The first-order valence-electron chi connectivity index (χ1n) is 7.58. The number of amides is 1. The van der Waals surface area contributed by atoms with Gasteiger partial charge in [0.15, 0.2) is 0 Å². The molecule has 0 saturated heterocycles. The second-order valence-corrected chi connectivity index (χ2v) is 5.42. The van der Waals surface area contributed by atoms with Crippen molar-refractivity contribution < 1.29 is 23.6 Å². The van der Waals surface area contributed by atoms with Gasteiger partial charge in [0, 0.05) is 24.6 Å². The van der Waals surface area contributed by atoms with Gasteiger partial charge in [0.2, 0.25) is 5.91 Å². The number of nitrogens with zero attached hydrogens (tertiary/aromatic N) is 1. The van der Waals surface area contributed by atoms with Crippen LogP contribution in [0.3, 0.4) is 0 Å². The quantitative estimate of drug-likeness (QED) is 0.784. The molecular formula is C17H20N2O5. The topological polar surface area (TPSA) is 90.7 Å². The van der Waals surface area contributed by atoms with E-state index >= 15 is 0 Å². The van der Waals surface area contributed by atoms with Crippen LogP contribution in [0, 0.1) is 0 Å². The third kappa shape index (κ3) is 5.12. The van der Waals surface area contributed by atoms with E-state index in [9.17, 15) is 9.59 Å². The summed E-state index contributed by atoms with van der Waals surface area (Å²) in [6.07, 6.45) is 0.489. The monoisotopic (exact) mass is 332 g/mol. The summed E-state index contributed by atoms with van der Waals surface area (Å²) in [6.45, 7) is 3.58. The number of aryl methyl sites for hydroxylation is 1. The Morgan fingerprint density at radius 3 is 2.54 bits per heavy atom. The zero-order valence-corrected chi connectivity index (χ0v) is 13.9. The summed E-state index contributed by atoms with van der Waals surface area (Å²) in [4.78, 5) is 23.7. The van der Waals surface area contributed by atoms with Crippen molar-refractivity contribution in [2.75, 3.05) is 12.4 Å². The van der Waals surface area contributed by atoms with Crippen LogP contribution in [0.25, 0.3) is 0 Å².